The summed E-state index contributed by atoms with van der Waals surface area (Å²) in [4.78, 5) is 0. The normalized spacial score (nSPS) is 17.3. The third-order valence-electron chi connectivity index (χ3n) is 1.71. The van der Waals surface area contributed by atoms with Gasteiger partial charge in [0.15, 0.2) is 0 Å². The molecule has 0 spiro atoms. The van der Waals surface area contributed by atoms with Gasteiger partial charge in [-0.3, -0.25) is 0 Å². The maximum atomic E-state index is 9.18. The van der Waals surface area contributed by atoms with Crippen LogP contribution in [-0.2, 0) is 0 Å². The van der Waals surface area contributed by atoms with Gasteiger partial charge in [0.1, 0.15) is 0 Å². The van der Waals surface area contributed by atoms with Crippen molar-refractivity contribution in [2.45, 2.75) is 38.4 Å². The minimum absolute atomic E-state index is 0.196. The van der Waals surface area contributed by atoms with Gasteiger partial charge in [0.25, 0.3) is 0 Å². The van der Waals surface area contributed by atoms with E-state index in [-0.39, 0.29) is 4.75 Å². The molecule has 1 nitrogen and oxygen atoms in total. The van der Waals surface area contributed by atoms with Crippen LogP contribution in [-0.4, -0.2) is 9.30 Å². The molecule has 0 amide bonds. The van der Waals surface area contributed by atoms with Gasteiger partial charge in [-0.25, -0.2) is 0 Å². The number of hydrogen-bond donors (Lipinski definition) is 1. The fourth-order valence-corrected chi connectivity index (χ4v) is 1.97. The molecular formula is C10H18OS. The summed E-state index contributed by atoms with van der Waals surface area (Å²) in [5.41, 5.74) is 0. The van der Waals surface area contributed by atoms with Gasteiger partial charge >= 0.3 is 0 Å². The van der Waals surface area contributed by atoms with E-state index in [0.29, 0.717) is 0 Å². The molecule has 2 heteroatoms. The molecule has 0 saturated heterocycles. The Labute approximate surface area is 79.8 Å². The number of rotatable bonds is 5. The first-order valence-electron chi connectivity index (χ1n) is 4.35. The third-order valence-corrected chi connectivity index (χ3v) is 2.52. The lowest BCUT2D eigenvalue weighted by molar-refractivity contribution is 0.621. The molecule has 70 valence electrons. The zero-order chi connectivity index (χ0) is 9.45. The predicted octanol–water partition coefficient (Wildman–Crippen LogP) is 3.88. The molecule has 0 aromatic carbocycles. The van der Waals surface area contributed by atoms with Crippen LogP contribution in [0.5, 0.6) is 0 Å². The molecule has 0 unspecified atom stereocenters. The van der Waals surface area contributed by atoms with Crippen LogP contribution >= 0.6 is 12.0 Å². The van der Waals surface area contributed by atoms with Crippen molar-refractivity contribution in [3.8, 4) is 0 Å². The van der Waals surface area contributed by atoms with Crippen LogP contribution in [0.4, 0.5) is 0 Å². The average Bonchev–Trinajstić information content (AvgIpc) is 2.06. The summed E-state index contributed by atoms with van der Waals surface area (Å²) in [5.74, 6) is 0. The SMILES string of the molecule is CC=CC(C=CC)(CCC)SO. The van der Waals surface area contributed by atoms with Crippen molar-refractivity contribution in [3.63, 3.8) is 0 Å². The van der Waals surface area contributed by atoms with E-state index < -0.39 is 0 Å². The number of hydrogen-bond acceptors (Lipinski definition) is 2. The quantitative estimate of drug-likeness (QED) is 0.519. The summed E-state index contributed by atoms with van der Waals surface area (Å²) in [6.45, 7) is 6.08. The molecule has 0 saturated carbocycles. The molecule has 0 atom stereocenters. The lowest BCUT2D eigenvalue weighted by Gasteiger charge is -2.22. The van der Waals surface area contributed by atoms with Crippen LogP contribution in [0.15, 0.2) is 24.3 Å². The highest BCUT2D eigenvalue weighted by Crippen LogP contribution is 2.31. The summed E-state index contributed by atoms with van der Waals surface area (Å²) < 4.78 is 8.99. The first-order chi connectivity index (χ1) is 5.74. The number of allylic oxidation sites excluding steroid dienone is 2. The maximum Gasteiger partial charge on any atom is 0.0778 e. The van der Waals surface area contributed by atoms with Crippen molar-refractivity contribution >= 4 is 12.0 Å². The molecule has 0 heterocycles. The highest BCUT2D eigenvalue weighted by Gasteiger charge is 2.22. The Hall–Kier alpha value is -0.210. The second kappa shape index (κ2) is 6.32. The molecule has 0 aliphatic rings. The van der Waals surface area contributed by atoms with E-state index in [1.807, 2.05) is 38.2 Å². The zero-order valence-corrected chi connectivity index (χ0v) is 8.90. The lowest BCUT2D eigenvalue weighted by atomic mass is 10.0. The lowest BCUT2D eigenvalue weighted by Crippen LogP contribution is -2.17. The Morgan fingerprint density at radius 1 is 1.25 bits per heavy atom. The minimum Gasteiger partial charge on any atom is -0.329 e. The summed E-state index contributed by atoms with van der Waals surface area (Å²) in [6.07, 6.45) is 10.1. The first kappa shape index (κ1) is 11.8. The van der Waals surface area contributed by atoms with Crippen molar-refractivity contribution in [3.05, 3.63) is 24.3 Å². The van der Waals surface area contributed by atoms with Gasteiger partial charge in [0, 0.05) is 12.0 Å². The van der Waals surface area contributed by atoms with E-state index >= 15 is 0 Å². The van der Waals surface area contributed by atoms with Gasteiger partial charge in [-0.1, -0.05) is 37.6 Å². The van der Waals surface area contributed by atoms with Crippen LogP contribution in [0.2, 0.25) is 0 Å². The molecular weight excluding hydrogens is 168 g/mol. The van der Waals surface area contributed by atoms with Gasteiger partial charge in [-0.2, -0.15) is 0 Å². The van der Waals surface area contributed by atoms with Gasteiger partial charge in [0.2, 0.25) is 0 Å². The van der Waals surface area contributed by atoms with Crippen molar-refractivity contribution in [2.24, 2.45) is 0 Å². The second-order valence-electron chi connectivity index (χ2n) is 2.80. The molecule has 0 fully saturated rings. The van der Waals surface area contributed by atoms with E-state index in [4.69, 9.17) is 0 Å². The highest BCUT2D eigenvalue weighted by atomic mass is 32.2. The molecule has 0 aliphatic carbocycles. The molecule has 0 aromatic rings. The van der Waals surface area contributed by atoms with Gasteiger partial charge in [0.05, 0.1) is 4.75 Å². The van der Waals surface area contributed by atoms with E-state index in [0.717, 1.165) is 24.9 Å². The molecule has 0 bridgehead atoms. The van der Waals surface area contributed by atoms with Crippen molar-refractivity contribution in [1.29, 1.82) is 0 Å². The van der Waals surface area contributed by atoms with Gasteiger partial charge < -0.3 is 4.55 Å². The summed E-state index contributed by atoms with van der Waals surface area (Å²) in [7, 11) is 0. The van der Waals surface area contributed by atoms with Crippen molar-refractivity contribution in [2.75, 3.05) is 0 Å². The van der Waals surface area contributed by atoms with Crippen molar-refractivity contribution < 1.29 is 4.55 Å². The Morgan fingerprint density at radius 2 is 1.75 bits per heavy atom. The topological polar surface area (TPSA) is 20.2 Å². The fraction of sp³-hybridized carbons (Fsp3) is 0.600. The smallest absolute Gasteiger partial charge is 0.0778 e. The molecule has 0 rings (SSSR count). The summed E-state index contributed by atoms with van der Waals surface area (Å²) in [6, 6.07) is 0. The van der Waals surface area contributed by atoms with Crippen molar-refractivity contribution in [1.82, 2.24) is 0 Å². The Kier molecular flexibility index (Phi) is 6.21. The van der Waals surface area contributed by atoms with E-state index in [2.05, 4.69) is 6.92 Å². The van der Waals surface area contributed by atoms with Crippen LogP contribution in [0.1, 0.15) is 33.6 Å². The standard InChI is InChI=1S/C10H18OS/c1-4-7-10(12-11,8-5-2)9-6-3/h4-5,7-8,11H,6,9H2,1-3H3. The Bertz CT molecular complexity index is 149. The van der Waals surface area contributed by atoms with Gasteiger partial charge in [-0.05, 0) is 20.3 Å². The average molecular weight is 186 g/mol. The van der Waals surface area contributed by atoms with Gasteiger partial charge in [-0.15, -0.1) is 0 Å². The minimum atomic E-state index is -0.196. The van der Waals surface area contributed by atoms with Crippen LogP contribution < -0.4 is 0 Å². The fourth-order valence-electron chi connectivity index (χ4n) is 1.28. The maximum absolute atomic E-state index is 9.18. The predicted molar refractivity (Wildman–Crippen MR) is 57.5 cm³/mol. The molecule has 0 aliphatic heterocycles. The summed E-state index contributed by atoms with van der Waals surface area (Å²) >= 11 is 0.917. The Morgan fingerprint density at radius 3 is 2.00 bits per heavy atom. The highest BCUT2D eigenvalue weighted by molar-refractivity contribution is 7.95. The van der Waals surface area contributed by atoms with Crippen LogP contribution in [0.3, 0.4) is 0 Å². The molecule has 0 aromatic heterocycles. The molecule has 0 radical (unpaired) electrons. The molecule has 1 N–H and O–H groups in total. The first-order valence-corrected chi connectivity index (χ1v) is 5.12. The van der Waals surface area contributed by atoms with E-state index in [1.165, 1.54) is 0 Å². The van der Waals surface area contributed by atoms with E-state index in [1.54, 1.807) is 0 Å². The Balaban J connectivity index is 4.49. The zero-order valence-electron chi connectivity index (χ0n) is 8.08. The monoisotopic (exact) mass is 186 g/mol. The second-order valence-corrected chi connectivity index (χ2v) is 3.74. The van der Waals surface area contributed by atoms with E-state index in [9.17, 15) is 4.55 Å². The van der Waals surface area contributed by atoms with Crippen LogP contribution in [0.25, 0.3) is 0 Å². The summed E-state index contributed by atoms with van der Waals surface area (Å²) in [5, 5.41) is 0. The third kappa shape index (κ3) is 3.46. The van der Waals surface area contributed by atoms with Crippen LogP contribution in [0, 0.1) is 0 Å². The largest absolute Gasteiger partial charge is 0.329 e. The molecule has 12 heavy (non-hydrogen) atoms.